The molecule has 1 heterocycles. The smallest absolute Gasteiger partial charge is 0.337 e. The molecular weight excluding hydrogens is 252 g/mol. The predicted octanol–water partition coefficient (Wildman–Crippen LogP) is 0.404. The van der Waals surface area contributed by atoms with Crippen molar-refractivity contribution >= 4 is 29.2 Å². The fourth-order valence-electron chi connectivity index (χ4n) is 2.08. The average Bonchev–Trinajstić information content (AvgIpc) is 2.71. The highest BCUT2D eigenvalue weighted by Gasteiger charge is 2.36. The predicted molar refractivity (Wildman–Crippen MR) is 65.9 cm³/mol. The lowest BCUT2D eigenvalue weighted by atomic mass is 10.1. The Balaban J connectivity index is 2.38. The second-order valence-corrected chi connectivity index (χ2v) is 4.29. The van der Waals surface area contributed by atoms with Gasteiger partial charge in [-0.15, -0.1) is 0 Å². The van der Waals surface area contributed by atoms with Crippen molar-refractivity contribution in [3.8, 4) is 0 Å². The molecule has 0 saturated carbocycles. The maximum Gasteiger partial charge on any atom is 0.337 e. The van der Waals surface area contributed by atoms with Gasteiger partial charge in [-0.05, 0) is 12.1 Å². The first kappa shape index (κ1) is 12.9. The monoisotopic (exact) mass is 264 g/mol. The van der Waals surface area contributed by atoms with Gasteiger partial charge in [0.1, 0.15) is 0 Å². The molecule has 1 amide bonds. The van der Waals surface area contributed by atoms with Crippen molar-refractivity contribution in [3.05, 3.63) is 23.8 Å². The van der Waals surface area contributed by atoms with Crippen LogP contribution in [0.15, 0.2) is 18.2 Å². The molecule has 2 rings (SSSR count). The SMILES string of the molecule is Nc1c(C(=O)O)cccc1N1CC(C(=O)O)CC1=O. The van der Waals surface area contributed by atoms with Gasteiger partial charge in [0, 0.05) is 13.0 Å². The lowest BCUT2D eigenvalue weighted by molar-refractivity contribution is -0.141. The van der Waals surface area contributed by atoms with E-state index < -0.39 is 17.9 Å². The summed E-state index contributed by atoms with van der Waals surface area (Å²) in [5.41, 5.74) is 5.83. The van der Waals surface area contributed by atoms with Gasteiger partial charge in [-0.25, -0.2) is 4.79 Å². The number of amides is 1. The van der Waals surface area contributed by atoms with Crippen molar-refractivity contribution < 1.29 is 24.6 Å². The van der Waals surface area contributed by atoms with E-state index in [1.165, 1.54) is 23.1 Å². The third-order valence-corrected chi connectivity index (χ3v) is 3.08. The lowest BCUT2D eigenvalue weighted by Crippen LogP contribution is -2.27. The third kappa shape index (κ3) is 2.22. The van der Waals surface area contributed by atoms with Crippen molar-refractivity contribution in [2.45, 2.75) is 6.42 Å². The Labute approximate surface area is 108 Å². The molecule has 1 aliphatic rings. The van der Waals surface area contributed by atoms with Gasteiger partial charge in [-0.1, -0.05) is 6.07 Å². The number of rotatable bonds is 3. The van der Waals surface area contributed by atoms with Gasteiger partial charge in [-0.3, -0.25) is 9.59 Å². The van der Waals surface area contributed by atoms with Crippen molar-refractivity contribution in [3.63, 3.8) is 0 Å². The minimum absolute atomic E-state index is 0.00143. The molecule has 1 aliphatic heterocycles. The highest BCUT2D eigenvalue weighted by Crippen LogP contribution is 2.31. The molecule has 1 aromatic rings. The number of hydrogen-bond donors (Lipinski definition) is 3. The van der Waals surface area contributed by atoms with Crippen molar-refractivity contribution in [2.75, 3.05) is 17.2 Å². The summed E-state index contributed by atoms with van der Waals surface area (Å²) in [5, 5.41) is 17.9. The zero-order valence-electron chi connectivity index (χ0n) is 9.87. The standard InChI is InChI=1S/C12H12N2O5/c13-10-7(12(18)19)2-1-3-8(10)14-5-6(11(16)17)4-9(14)15/h1-3,6H,4-5,13H2,(H,16,17)(H,18,19). The molecule has 4 N–H and O–H groups in total. The van der Waals surface area contributed by atoms with Gasteiger partial charge < -0.3 is 20.8 Å². The van der Waals surface area contributed by atoms with Gasteiger partial charge in [-0.2, -0.15) is 0 Å². The molecule has 1 atom stereocenters. The maximum atomic E-state index is 11.8. The van der Waals surface area contributed by atoms with E-state index in [4.69, 9.17) is 15.9 Å². The molecule has 7 heteroatoms. The summed E-state index contributed by atoms with van der Waals surface area (Å²) in [6, 6.07) is 4.30. The van der Waals surface area contributed by atoms with Crippen LogP contribution in [0.2, 0.25) is 0 Å². The number of aliphatic carboxylic acids is 1. The Bertz CT molecular complexity index is 569. The number of benzene rings is 1. The van der Waals surface area contributed by atoms with Crippen LogP contribution >= 0.6 is 0 Å². The van der Waals surface area contributed by atoms with Crippen molar-refractivity contribution in [1.82, 2.24) is 0 Å². The van der Waals surface area contributed by atoms with E-state index in [1.54, 1.807) is 0 Å². The van der Waals surface area contributed by atoms with Crippen LogP contribution in [0.25, 0.3) is 0 Å². The first-order valence-corrected chi connectivity index (χ1v) is 5.56. The van der Waals surface area contributed by atoms with Crippen LogP contribution in [-0.2, 0) is 9.59 Å². The quantitative estimate of drug-likeness (QED) is 0.679. The van der Waals surface area contributed by atoms with Gasteiger partial charge in [0.2, 0.25) is 5.91 Å². The minimum Gasteiger partial charge on any atom is -0.481 e. The summed E-state index contributed by atoms with van der Waals surface area (Å²) in [4.78, 5) is 34.9. The highest BCUT2D eigenvalue weighted by molar-refractivity contribution is 6.05. The van der Waals surface area contributed by atoms with Gasteiger partial charge >= 0.3 is 11.9 Å². The zero-order valence-corrected chi connectivity index (χ0v) is 9.87. The number of carbonyl (C=O) groups excluding carboxylic acids is 1. The van der Waals surface area contributed by atoms with Crippen LogP contribution in [0.1, 0.15) is 16.8 Å². The molecule has 7 nitrogen and oxygen atoms in total. The maximum absolute atomic E-state index is 11.8. The van der Waals surface area contributed by atoms with Crippen LogP contribution in [0, 0.1) is 5.92 Å². The van der Waals surface area contributed by atoms with E-state index in [-0.39, 0.29) is 35.8 Å². The molecule has 1 saturated heterocycles. The summed E-state index contributed by atoms with van der Waals surface area (Å²) in [6.07, 6.45) is -0.105. The van der Waals surface area contributed by atoms with Crippen LogP contribution in [-0.4, -0.2) is 34.6 Å². The first-order chi connectivity index (χ1) is 8.91. The molecule has 1 aromatic carbocycles. The Morgan fingerprint density at radius 1 is 1.32 bits per heavy atom. The van der Waals surface area contributed by atoms with Crippen LogP contribution in [0.3, 0.4) is 0 Å². The van der Waals surface area contributed by atoms with Crippen LogP contribution in [0.5, 0.6) is 0 Å². The van der Waals surface area contributed by atoms with E-state index in [0.717, 1.165) is 0 Å². The van der Waals surface area contributed by atoms with E-state index in [2.05, 4.69) is 0 Å². The number of nitrogens with zero attached hydrogens (tertiary/aromatic N) is 1. The number of anilines is 2. The summed E-state index contributed by atoms with van der Waals surface area (Å²) in [5.74, 6) is -3.41. The van der Waals surface area contributed by atoms with E-state index in [9.17, 15) is 14.4 Å². The summed E-state index contributed by atoms with van der Waals surface area (Å²) in [7, 11) is 0. The van der Waals surface area contributed by atoms with Crippen LogP contribution < -0.4 is 10.6 Å². The average molecular weight is 264 g/mol. The van der Waals surface area contributed by atoms with Gasteiger partial charge in [0.15, 0.2) is 0 Å². The number of aromatic carboxylic acids is 1. The zero-order chi connectivity index (χ0) is 14.2. The van der Waals surface area contributed by atoms with E-state index in [1.807, 2.05) is 0 Å². The number of carbonyl (C=O) groups is 3. The fourth-order valence-corrected chi connectivity index (χ4v) is 2.08. The Morgan fingerprint density at radius 3 is 2.53 bits per heavy atom. The minimum atomic E-state index is -1.19. The van der Waals surface area contributed by atoms with Crippen molar-refractivity contribution in [2.24, 2.45) is 5.92 Å². The Morgan fingerprint density at radius 2 is 2.00 bits per heavy atom. The van der Waals surface area contributed by atoms with Gasteiger partial charge in [0.05, 0.1) is 22.9 Å². The largest absolute Gasteiger partial charge is 0.481 e. The topological polar surface area (TPSA) is 121 Å². The molecule has 0 bridgehead atoms. The van der Waals surface area contributed by atoms with Crippen molar-refractivity contribution in [1.29, 1.82) is 0 Å². The van der Waals surface area contributed by atoms with E-state index in [0.29, 0.717) is 0 Å². The Kier molecular flexibility index (Phi) is 3.12. The normalized spacial score (nSPS) is 18.6. The lowest BCUT2D eigenvalue weighted by Gasteiger charge is -2.19. The molecule has 0 spiro atoms. The Hall–Kier alpha value is -2.57. The van der Waals surface area contributed by atoms with Gasteiger partial charge in [0.25, 0.3) is 0 Å². The molecule has 0 radical (unpaired) electrons. The molecule has 1 fully saturated rings. The molecule has 0 aromatic heterocycles. The fraction of sp³-hybridized carbons (Fsp3) is 0.250. The number of nitrogens with two attached hydrogens (primary N) is 1. The number of carboxylic acids is 2. The second-order valence-electron chi connectivity index (χ2n) is 4.29. The molecule has 0 aliphatic carbocycles. The highest BCUT2D eigenvalue weighted by atomic mass is 16.4. The molecule has 1 unspecified atom stereocenters. The second kappa shape index (κ2) is 4.60. The molecule has 19 heavy (non-hydrogen) atoms. The summed E-state index contributed by atoms with van der Waals surface area (Å²) >= 11 is 0. The number of carboxylic acid groups (broad SMARTS) is 2. The third-order valence-electron chi connectivity index (χ3n) is 3.08. The first-order valence-electron chi connectivity index (χ1n) is 5.56. The summed E-state index contributed by atoms with van der Waals surface area (Å²) in [6.45, 7) is 0.00143. The molecular formula is C12H12N2O5. The number of para-hydroxylation sites is 1. The number of nitrogen functional groups attached to an aromatic ring is 1. The molecule has 100 valence electrons. The summed E-state index contributed by atoms with van der Waals surface area (Å²) < 4.78 is 0. The van der Waals surface area contributed by atoms with Crippen LogP contribution in [0.4, 0.5) is 11.4 Å². The van der Waals surface area contributed by atoms with E-state index >= 15 is 0 Å². The number of hydrogen-bond acceptors (Lipinski definition) is 4.